The Balaban J connectivity index is 1.76. The highest BCUT2D eigenvalue weighted by molar-refractivity contribution is 7.17. The second kappa shape index (κ2) is 6.18. The molecule has 1 unspecified atom stereocenters. The highest BCUT2D eigenvalue weighted by atomic mass is 32.1. The van der Waals surface area contributed by atoms with Gasteiger partial charge in [0, 0.05) is 11.1 Å². The molecule has 118 valence electrons. The van der Waals surface area contributed by atoms with Crippen LogP contribution in [0.25, 0.3) is 21.1 Å². The van der Waals surface area contributed by atoms with E-state index in [1.807, 2.05) is 18.2 Å². The van der Waals surface area contributed by atoms with Gasteiger partial charge in [-0.05, 0) is 48.4 Å². The van der Waals surface area contributed by atoms with Crippen LogP contribution < -0.4 is 0 Å². The molecule has 3 nitrogen and oxygen atoms in total. The smallest absolute Gasteiger partial charge is 0.148 e. The van der Waals surface area contributed by atoms with E-state index in [0.29, 0.717) is 11.5 Å². The summed E-state index contributed by atoms with van der Waals surface area (Å²) < 4.78 is 0. The molecule has 0 saturated carbocycles. The summed E-state index contributed by atoms with van der Waals surface area (Å²) in [7, 11) is 0. The lowest BCUT2D eigenvalue weighted by Crippen LogP contribution is -2.08. The second-order valence-corrected chi connectivity index (χ2v) is 7.25. The maximum atomic E-state index is 9.07. The van der Waals surface area contributed by atoms with Crippen LogP contribution in [0, 0.1) is 11.3 Å². The standard InChI is InChI=1S/C20H17N3S/c1-13-5-2-9-17-16(13)8-4-10-18(17)20-23-22-19(24-20)15-7-3-6-14(11-15)12-21/h3-4,6-8,10-11,13H,2,5,9H2,1H3. The van der Waals surface area contributed by atoms with Crippen LogP contribution in [0.15, 0.2) is 42.5 Å². The van der Waals surface area contributed by atoms with Gasteiger partial charge in [0.1, 0.15) is 10.0 Å². The number of nitrogens with zero attached hydrogens (tertiary/aromatic N) is 3. The first kappa shape index (κ1) is 15.0. The van der Waals surface area contributed by atoms with Crippen molar-refractivity contribution < 1.29 is 0 Å². The lowest BCUT2D eigenvalue weighted by Gasteiger charge is -2.23. The minimum Gasteiger partial charge on any atom is -0.192 e. The van der Waals surface area contributed by atoms with Gasteiger partial charge in [0.25, 0.3) is 0 Å². The molecule has 1 heterocycles. The SMILES string of the molecule is CC1CCCc2c(-c3nnc(-c4cccc(C#N)c4)s3)cccc21. The van der Waals surface area contributed by atoms with E-state index >= 15 is 0 Å². The number of aromatic nitrogens is 2. The molecule has 3 aromatic rings. The van der Waals surface area contributed by atoms with E-state index in [2.05, 4.69) is 41.4 Å². The van der Waals surface area contributed by atoms with E-state index in [-0.39, 0.29) is 0 Å². The molecule has 0 aliphatic heterocycles. The van der Waals surface area contributed by atoms with Crippen molar-refractivity contribution in [3.63, 3.8) is 0 Å². The third-order valence-corrected chi connectivity index (χ3v) is 5.71. The first-order chi connectivity index (χ1) is 11.8. The molecule has 0 spiro atoms. The Morgan fingerprint density at radius 3 is 2.83 bits per heavy atom. The molecular weight excluding hydrogens is 314 g/mol. The summed E-state index contributed by atoms with van der Waals surface area (Å²) in [6, 6.07) is 16.3. The van der Waals surface area contributed by atoms with Crippen molar-refractivity contribution in [2.24, 2.45) is 0 Å². The zero-order valence-electron chi connectivity index (χ0n) is 13.5. The third-order valence-electron chi connectivity index (χ3n) is 4.70. The monoisotopic (exact) mass is 331 g/mol. The minimum atomic E-state index is 0.619. The number of benzene rings is 2. The zero-order valence-corrected chi connectivity index (χ0v) is 14.3. The van der Waals surface area contributed by atoms with Gasteiger partial charge in [0.2, 0.25) is 0 Å². The quantitative estimate of drug-likeness (QED) is 0.650. The molecule has 0 radical (unpaired) electrons. The molecule has 0 bridgehead atoms. The van der Waals surface area contributed by atoms with Gasteiger partial charge in [-0.15, -0.1) is 10.2 Å². The van der Waals surface area contributed by atoms with Crippen LogP contribution in [0.5, 0.6) is 0 Å². The topological polar surface area (TPSA) is 49.6 Å². The molecular formula is C20H17N3S. The van der Waals surface area contributed by atoms with E-state index in [4.69, 9.17) is 5.26 Å². The average molecular weight is 331 g/mol. The summed E-state index contributed by atoms with van der Waals surface area (Å²) in [5, 5.41) is 19.7. The lowest BCUT2D eigenvalue weighted by atomic mass is 9.82. The summed E-state index contributed by atoms with van der Waals surface area (Å²) in [6.07, 6.45) is 3.62. The molecule has 0 saturated heterocycles. The van der Waals surface area contributed by atoms with Crippen molar-refractivity contribution in [3.05, 3.63) is 59.2 Å². The first-order valence-corrected chi connectivity index (χ1v) is 9.04. The van der Waals surface area contributed by atoms with Gasteiger partial charge < -0.3 is 0 Å². The number of nitriles is 1. The maximum absolute atomic E-state index is 9.07. The Bertz CT molecular complexity index is 936. The summed E-state index contributed by atoms with van der Waals surface area (Å²) in [5.74, 6) is 0.619. The van der Waals surface area contributed by atoms with Crippen LogP contribution >= 0.6 is 11.3 Å². The summed E-state index contributed by atoms with van der Waals surface area (Å²) >= 11 is 1.60. The van der Waals surface area contributed by atoms with Gasteiger partial charge in [0.05, 0.1) is 11.6 Å². The predicted octanol–water partition coefficient (Wildman–Crippen LogP) is 5.18. The molecule has 4 heteroatoms. The van der Waals surface area contributed by atoms with E-state index in [9.17, 15) is 0 Å². The molecule has 1 aliphatic carbocycles. The molecule has 1 aromatic heterocycles. The van der Waals surface area contributed by atoms with Gasteiger partial charge in [-0.2, -0.15) is 5.26 Å². The summed E-state index contributed by atoms with van der Waals surface area (Å²) in [5.41, 5.74) is 5.72. The van der Waals surface area contributed by atoms with Crippen molar-refractivity contribution >= 4 is 11.3 Å². The fraction of sp³-hybridized carbons (Fsp3) is 0.250. The van der Waals surface area contributed by atoms with E-state index in [0.717, 1.165) is 22.0 Å². The van der Waals surface area contributed by atoms with Crippen molar-refractivity contribution in [1.82, 2.24) is 10.2 Å². The highest BCUT2D eigenvalue weighted by Gasteiger charge is 2.21. The molecule has 2 aromatic carbocycles. The lowest BCUT2D eigenvalue weighted by molar-refractivity contribution is 0.591. The fourth-order valence-corrected chi connectivity index (χ4v) is 4.35. The molecule has 4 rings (SSSR count). The molecule has 1 atom stereocenters. The van der Waals surface area contributed by atoms with Crippen LogP contribution in [0.2, 0.25) is 0 Å². The summed E-state index contributed by atoms with van der Waals surface area (Å²) in [6.45, 7) is 2.31. The Morgan fingerprint density at radius 2 is 1.96 bits per heavy atom. The Hall–Kier alpha value is -2.51. The molecule has 1 aliphatic rings. The normalized spacial score (nSPS) is 16.4. The highest BCUT2D eigenvalue weighted by Crippen LogP contribution is 2.39. The number of rotatable bonds is 2. The van der Waals surface area contributed by atoms with Crippen LogP contribution in [0.3, 0.4) is 0 Å². The van der Waals surface area contributed by atoms with E-state index in [1.54, 1.807) is 17.4 Å². The van der Waals surface area contributed by atoms with Crippen LogP contribution in [0.1, 0.15) is 42.4 Å². The van der Waals surface area contributed by atoms with Gasteiger partial charge >= 0.3 is 0 Å². The largest absolute Gasteiger partial charge is 0.192 e. The van der Waals surface area contributed by atoms with Crippen molar-refractivity contribution in [1.29, 1.82) is 5.26 Å². The number of fused-ring (bicyclic) bond motifs is 1. The first-order valence-electron chi connectivity index (χ1n) is 8.22. The Labute approximate surface area is 145 Å². The molecule has 0 amide bonds. The maximum Gasteiger partial charge on any atom is 0.148 e. The van der Waals surface area contributed by atoms with Gasteiger partial charge in [0.15, 0.2) is 0 Å². The van der Waals surface area contributed by atoms with E-state index in [1.165, 1.54) is 29.5 Å². The van der Waals surface area contributed by atoms with Crippen LogP contribution in [-0.4, -0.2) is 10.2 Å². The molecule has 24 heavy (non-hydrogen) atoms. The van der Waals surface area contributed by atoms with Crippen LogP contribution in [-0.2, 0) is 6.42 Å². The van der Waals surface area contributed by atoms with Gasteiger partial charge in [-0.25, -0.2) is 0 Å². The Kier molecular flexibility index (Phi) is 3.87. The van der Waals surface area contributed by atoms with Gasteiger partial charge in [-0.1, -0.05) is 48.6 Å². The molecule has 0 fully saturated rings. The van der Waals surface area contributed by atoms with Crippen LogP contribution in [0.4, 0.5) is 0 Å². The van der Waals surface area contributed by atoms with Crippen molar-refractivity contribution in [2.45, 2.75) is 32.1 Å². The van der Waals surface area contributed by atoms with Gasteiger partial charge in [-0.3, -0.25) is 0 Å². The second-order valence-electron chi connectivity index (χ2n) is 6.27. The summed E-state index contributed by atoms with van der Waals surface area (Å²) in [4.78, 5) is 0. The number of hydrogen-bond donors (Lipinski definition) is 0. The molecule has 0 N–H and O–H groups in total. The minimum absolute atomic E-state index is 0.619. The van der Waals surface area contributed by atoms with Crippen molar-refractivity contribution in [2.75, 3.05) is 0 Å². The average Bonchev–Trinajstić information content (AvgIpc) is 3.12. The predicted molar refractivity (Wildman–Crippen MR) is 96.8 cm³/mol. The third kappa shape index (κ3) is 2.61. The van der Waals surface area contributed by atoms with E-state index < -0.39 is 0 Å². The van der Waals surface area contributed by atoms with Crippen molar-refractivity contribution in [3.8, 4) is 27.2 Å². The fourth-order valence-electron chi connectivity index (χ4n) is 3.46. The number of hydrogen-bond acceptors (Lipinski definition) is 4. The zero-order chi connectivity index (χ0) is 16.5. The Morgan fingerprint density at radius 1 is 1.12 bits per heavy atom.